The minimum Gasteiger partial charge on any atom is -0.495 e. The Hall–Kier alpha value is -1.64. The highest BCUT2D eigenvalue weighted by Crippen LogP contribution is 2.25. The number of hydrogen-bond donors (Lipinski definition) is 1. The van der Waals surface area contributed by atoms with Crippen molar-refractivity contribution in [2.45, 2.75) is 38.1 Å². The summed E-state index contributed by atoms with van der Waals surface area (Å²) in [7, 11) is -0.449. The number of sulfonamides is 1. The Morgan fingerprint density at radius 2 is 1.85 bits per heavy atom. The lowest BCUT2D eigenvalue weighted by molar-refractivity contribution is -0.135. The van der Waals surface area contributed by atoms with E-state index in [1.165, 1.54) is 7.11 Å². The number of amides is 1. The maximum atomic E-state index is 13.0. The Balaban J connectivity index is 2.27. The van der Waals surface area contributed by atoms with Crippen LogP contribution in [-0.2, 0) is 14.8 Å². The lowest BCUT2D eigenvalue weighted by Crippen LogP contribution is -2.54. The minimum absolute atomic E-state index is 0.0601. The number of nitrogens with one attached hydrogen (secondary N) is 1. The van der Waals surface area contributed by atoms with Crippen molar-refractivity contribution in [2.24, 2.45) is 5.92 Å². The molecule has 2 rings (SSSR count). The number of carbonyl (C=O) groups is 1. The van der Waals surface area contributed by atoms with E-state index in [0.29, 0.717) is 19.5 Å². The Kier molecular flexibility index (Phi) is 7.25. The van der Waals surface area contributed by atoms with Crippen molar-refractivity contribution in [1.82, 2.24) is 14.5 Å². The van der Waals surface area contributed by atoms with Crippen LogP contribution in [0, 0.1) is 12.8 Å². The molecule has 1 N–H and O–H groups in total. The number of methoxy groups -OCH3 is 1. The van der Waals surface area contributed by atoms with Crippen molar-refractivity contribution >= 4 is 15.9 Å². The van der Waals surface area contributed by atoms with Crippen LogP contribution in [0.5, 0.6) is 5.75 Å². The van der Waals surface area contributed by atoms with Gasteiger partial charge in [-0.05, 0) is 44.0 Å². The highest BCUT2D eigenvalue weighted by Gasteiger charge is 2.32. The van der Waals surface area contributed by atoms with Gasteiger partial charge < -0.3 is 14.5 Å². The topological polar surface area (TPSA) is 78.9 Å². The summed E-state index contributed by atoms with van der Waals surface area (Å²) in [5.41, 5.74) is 0.807. The molecule has 1 heterocycles. The molecular formula is C19H31N3O4S. The molecule has 0 saturated carbocycles. The van der Waals surface area contributed by atoms with Crippen LogP contribution in [0.15, 0.2) is 23.1 Å². The fourth-order valence-corrected chi connectivity index (χ4v) is 4.62. The zero-order chi connectivity index (χ0) is 20.2. The van der Waals surface area contributed by atoms with Crippen LogP contribution in [0.25, 0.3) is 0 Å². The van der Waals surface area contributed by atoms with Gasteiger partial charge in [-0.3, -0.25) is 4.79 Å². The third-order valence-corrected chi connectivity index (χ3v) is 6.22. The van der Waals surface area contributed by atoms with E-state index in [-0.39, 0.29) is 22.5 Å². The van der Waals surface area contributed by atoms with Gasteiger partial charge in [0, 0.05) is 26.2 Å². The third kappa shape index (κ3) is 5.67. The number of rotatable bonds is 7. The van der Waals surface area contributed by atoms with Crippen molar-refractivity contribution in [3.05, 3.63) is 23.8 Å². The maximum Gasteiger partial charge on any atom is 0.244 e. The second-order valence-electron chi connectivity index (χ2n) is 7.59. The van der Waals surface area contributed by atoms with Crippen LogP contribution in [0.2, 0.25) is 0 Å². The van der Waals surface area contributed by atoms with E-state index in [1.54, 1.807) is 23.1 Å². The van der Waals surface area contributed by atoms with Crippen molar-refractivity contribution in [1.29, 1.82) is 0 Å². The number of aryl methyl sites for hydroxylation is 1. The van der Waals surface area contributed by atoms with Crippen molar-refractivity contribution in [3.63, 3.8) is 0 Å². The van der Waals surface area contributed by atoms with Gasteiger partial charge in [0.2, 0.25) is 15.9 Å². The predicted molar refractivity (Wildman–Crippen MR) is 105 cm³/mol. The molecule has 0 aromatic heterocycles. The number of ether oxygens (including phenoxy) is 1. The summed E-state index contributed by atoms with van der Waals surface area (Å²) < 4.78 is 33.9. The average Bonchev–Trinajstić information content (AvgIpc) is 2.60. The molecule has 8 heteroatoms. The Morgan fingerprint density at radius 3 is 2.41 bits per heavy atom. The first-order valence-electron chi connectivity index (χ1n) is 9.28. The van der Waals surface area contributed by atoms with Gasteiger partial charge in [0.1, 0.15) is 16.7 Å². The van der Waals surface area contributed by atoms with Crippen molar-refractivity contribution in [3.8, 4) is 5.75 Å². The van der Waals surface area contributed by atoms with Crippen LogP contribution in [0.3, 0.4) is 0 Å². The quantitative estimate of drug-likeness (QED) is 0.754. The lowest BCUT2D eigenvalue weighted by atomic mass is 10.0. The maximum absolute atomic E-state index is 13.0. The minimum atomic E-state index is -3.90. The number of likely N-dealkylation sites (N-methyl/N-ethyl adjacent to an activating group) is 1. The fraction of sp³-hybridized carbons (Fsp3) is 0.632. The fourth-order valence-electron chi connectivity index (χ4n) is 3.16. The molecule has 1 atom stereocenters. The van der Waals surface area contributed by atoms with E-state index < -0.39 is 16.1 Å². The lowest BCUT2D eigenvalue weighted by Gasteiger charge is -2.35. The zero-order valence-corrected chi connectivity index (χ0v) is 17.7. The number of piperazine rings is 1. The molecule has 0 bridgehead atoms. The molecule has 0 radical (unpaired) electrons. The predicted octanol–water partition coefficient (Wildman–Crippen LogP) is 1.47. The van der Waals surface area contributed by atoms with Gasteiger partial charge in [0.25, 0.3) is 0 Å². The van der Waals surface area contributed by atoms with Crippen molar-refractivity contribution < 1.29 is 17.9 Å². The number of carbonyl (C=O) groups excluding carboxylic acids is 1. The van der Waals surface area contributed by atoms with E-state index in [4.69, 9.17) is 4.74 Å². The van der Waals surface area contributed by atoms with Gasteiger partial charge in [0.05, 0.1) is 7.11 Å². The van der Waals surface area contributed by atoms with Crippen LogP contribution >= 0.6 is 0 Å². The smallest absolute Gasteiger partial charge is 0.244 e. The molecule has 0 spiro atoms. The highest BCUT2D eigenvalue weighted by atomic mass is 32.2. The molecule has 1 aromatic carbocycles. The molecule has 1 amide bonds. The molecule has 0 unspecified atom stereocenters. The molecule has 152 valence electrons. The standard InChI is InChI=1S/C19H31N3O4S/c1-14(2)12-16(19(23)22-10-8-21(4)9-11-22)20-27(24,25)18-13-15(3)6-7-17(18)26-5/h6-7,13-14,16,20H,8-12H2,1-5H3/t16-/m1/s1. The second kappa shape index (κ2) is 9.03. The molecule has 7 nitrogen and oxygen atoms in total. The van der Waals surface area contributed by atoms with Gasteiger partial charge in [-0.15, -0.1) is 0 Å². The summed E-state index contributed by atoms with van der Waals surface area (Å²) in [5.74, 6) is 0.281. The monoisotopic (exact) mass is 397 g/mol. The van der Waals surface area contributed by atoms with E-state index in [9.17, 15) is 13.2 Å². The number of nitrogens with zero attached hydrogens (tertiary/aromatic N) is 2. The van der Waals surface area contributed by atoms with Crippen molar-refractivity contribution in [2.75, 3.05) is 40.3 Å². The number of hydrogen-bond acceptors (Lipinski definition) is 5. The summed E-state index contributed by atoms with van der Waals surface area (Å²) in [6.07, 6.45) is 0.443. The molecular weight excluding hydrogens is 366 g/mol. The molecule has 27 heavy (non-hydrogen) atoms. The molecule has 1 saturated heterocycles. The largest absolute Gasteiger partial charge is 0.495 e. The van der Waals surface area contributed by atoms with E-state index >= 15 is 0 Å². The van der Waals surface area contributed by atoms with Crippen LogP contribution in [0.4, 0.5) is 0 Å². The van der Waals surface area contributed by atoms with E-state index in [2.05, 4.69) is 9.62 Å². The molecule has 1 fully saturated rings. The van der Waals surface area contributed by atoms with Crippen LogP contribution in [-0.4, -0.2) is 70.5 Å². The molecule has 1 aromatic rings. The normalized spacial score (nSPS) is 17.2. The van der Waals surface area contributed by atoms with Gasteiger partial charge in [-0.1, -0.05) is 19.9 Å². The first-order valence-corrected chi connectivity index (χ1v) is 10.8. The van der Waals surface area contributed by atoms with Gasteiger partial charge in [-0.25, -0.2) is 8.42 Å². The molecule has 1 aliphatic heterocycles. The summed E-state index contributed by atoms with van der Waals surface area (Å²) >= 11 is 0. The van der Waals surface area contributed by atoms with Crippen LogP contribution in [0.1, 0.15) is 25.8 Å². The molecule has 1 aliphatic rings. The first-order chi connectivity index (χ1) is 12.6. The van der Waals surface area contributed by atoms with Gasteiger partial charge >= 0.3 is 0 Å². The van der Waals surface area contributed by atoms with Gasteiger partial charge in [0.15, 0.2) is 0 Å². The van der Waals surface area contributed by atoms with E-state index in [0.717, 1.165) is 18.7 Å². The second-order valence-corrected chi connectivity index (χ2v) is 9.27. The van der Waals surface area contributed by atoms with Gasteiger partial charge in [-0.2, -0.15) is 4.72 Å². The molecule has 0 aliphatic carbocycles. The summed E-state index contributed by atoms with van der Waals surface area (Å²) in [5, 5.41) is 0. The Labute approximate surface area is 162 Å². The van der Waals surface area contributed by atoms with E-state index in [1.807, 2.05) is 27.8 Å². The SMILES string of the molecule is COc1ccc(C)cc1S(=O)(=O)N[C@H](CC(C)C)C(=O)N1CCN(C)CC1. The zero-order valence-electron chi connectivity index (χ0n) is 16.9. The Morgan fingerprint density at radius 1 is 1.22 bits per heavy atom. The van der Waals surface area contributed by atoms with Crippen LogP contribution < -0.4 is 9.46 Å². The summed E-state index contributed by atoms with van der Waals surface area (Å²) in [6, 6.07) is 4.19. The average molecular weight is 398 g/mol. The summed E-state index contributed by atoms with van der Waals surface area (Å²) in [4.78, 5) is 17.0. The Bertz CT molecular complexity index is 756. The first kappa shape index (κ1) is 21.7. The third-order valence-electron chi connectivity index (χ3n) is 4.73. The summed E-state index contributed by atoms with van der Waals surface area (Å²) in [6.45, 7) is 8.58. The number of benzene rings is 1. The highest BCUT2D eigenvalue weighted by molar-refractivity contribution is 7.89.